The Morgan fingerprint density at radius 2 is 2.06 bits per heavy atom. The fraction of sp³-hybridized carbons (Fsp3) is 0.333. The minimum absolute atomic E-state index is 0.132. The summed E-state index contributed by atoms with van der Waals surface area (Å²) in [5.74, 6) is -0.584. The SMILES string of the molecule is CCN(CC(N)=O)C(=O)c1cccc(N)c1OC. The van der Waals surface area contributed by atoms with Gasteiger partial charge < -0.3 is 21.1 Å². The molecule has 0 fully saturated rings. The third-order valence-electron chi connectivity index (χ3n) is 2.50. The molecule has 0 heterocycles. The standard InChI is InChI=1S/C12H17N3O3/c1-3-15(7-10(14)16)12(17)8-5-4-6-9(13)11(8)18-2/h4-6H,3,7,13H2,1-2H3,(H2,14,16). The first kappa shape index (κ1) is 13.8. The molecule has 6 nitrogen and oxygen atoms in total. The Morgan fingerprint density at radius 1 is 1.39 bits per heavy atom. The van der Waals surface area contributed by atoms with Crippen LogP contribution in [0.2, 0.25) is 0 Å². The van der Waals surface area contributed by atoms with Crippen molar-refractivity contribution in [3.8, 4) is 5.75 Å². The first-order valence-corrected chi connectivity index (χ1v) is 5.51. The van der Waals surface area contributed by atoms with Gasteiger partial charge in [0, 0.05) is 6.54 Å². The van der Waals surface area contributed by atoms with Gasteiger partial charge in [0.15, 0.2) is 5.75 Å². The number of para-hydroxylation sites is 1. The lowest BCUT2D eigenvalue weighted by Crippen LogP contribution is -2.38. The number of hydrogen-bond donors (Lipinski definition) is 2. The molecule has 18 heavy (non-hydrogen) atoms. The van der Waals surface area contributed by atoms with Crippen molar-refractivity contribution >= 4 is 17.5 Å². The largest absolute Gasteiger partial charge is 0.494 e. The van der Waals surface area contributed by atoms with Crippen LogP contribution in [0.3, 0.4) is 0 Å². The number of ether oxygens (including phenoxy) is 1. The average Bonchev–Trinajstić information content (AvgIpc) is 2.34. The topological polar surface area (TPSA) is 98.7 Å². The summed E-state index contributed by atoms with van der Waals surface area (Å²) in [6.45, 7) is 2.01. The van der Waals surface area contributed by atoms with Crippen LogP contribution in [0, 0.1) is 0 Å². The minimum Gasteiger partial charge on any atom is -0.494 e. The molecular formula is C12H17N3O3. The van der Waals surface area contributed by atoms with Gasteiger partial charge in [-0.2, -0.15) is 0 Å². The van der Waals surface area contributed by atoms with Crippen LogP contribution in [0.15, 0.2) is 18.2 Å². The molecule has 2 amide bonds. The maximum Gasteiger partial charge on any atom is 0.258 e. The number of nitrogens with zero attached hydrogens (tertiary/aromatic N) is 1. The van der Waals surface area contributed by atoms with Crippen molar-refractivity contribution in [3.05, 3.63) is 23.8 Å². The van der Waals surface area contributed by atoms with Crippen molar-refractivity contribution in [1.82, 2.24) is 4.90 Å². The van der Waals surface area contributed by atoms with Crippen molar-refractivity contribution in [2.75, 3.05) is 25.9 Å². The number of nitrogen functional groups attached to an aromatic ring is 1. The summed E-state index contributed by atoms with van der Waals surface area (Å²) in [6, 6.07) is 4.89. The van der Waals surface area contributed by atoms with Crippen LogP contribution in [0.25, 0.3) is 0 Å². The summed E-state index contributed by atoms with van der Waals surface area (Å²) in [7, 11) is 1.44. The molecule has 0 saturated carbocycles. The molecule has 0 spiro atoms. The summed E-state index contributed by atoms with van der Waals surface area (Å²) in [5.41, 5.74) is 11.5. The molecule has 0 saturated heterocycles. The summed E-state index contributed by atoms with van der Waals surface area (Å²) in [5, 5.41) is 0. The molecule has 0 aromatic heterocycles. The highest BCUT2D eigenvalue weighted by Crippen LogP contribution is 2.26. The van der Waals surface area contributed by atoms with Gasteiger partial charge in [-0.05, 0) is 19.1 Å². The maximum absolute atomic E-state index is 12.2. The van der Waals surface area contributed by atoms with Gasteiger partial charge in [-0.15, -0.1) is 0 Å². The normalized spacial score (nSPS) is 9.89. The summed E-state index contributed by atoms with van der Waals surface area (Å²) in [4.78, 5) is 24.5. The fourth-order valence-corrected chi connectivity index (χ4v) is 1.64. The Bertz CT molecular complexity index is 460. The van der Waals surface area contributed by atoms with E-state index < -0.39 is 5.91 Å². The van der Waals surface area contributed by atoms with E-state index >= 15 is 0 Å². The number of benzene rings is 1. The Balaban J connectivity index is 3.09. The number of nitrogens with two attached hydrogens (primary N) is 2. The van der Waals surface area contributed by atoms with Gasteiger partial charge in [-0.25, -0.2) is 0 Å². The minimum atomic E-state index is -0.562. The molecule has 6 heteroatoms. The zero-order valence-electron chi connectivity index (χ0n) is 10.5. The number of primary amides is 1. The summed E-state index contributed by atoms with van der Waals surface area (Å²) < 4.78 is 5.11. The van der Waals surface area contributed by atoms with Crippen LogP contribution < -0.4 is 16.2 Å². The second-order valence-corrected chi connectivity index (χ2v) is 3.71. The van der Waals surface area contributed by atoms with E-state index in [2.05, 4.69) is 0 Å². The van der Waals surface area contributed by atoms with E-state index in [1.54, 1.807) is 25.1 Å². The van der Waals surface area contributed by atoms with Gasteiger partial charge in [-0.3, -0.25) is 9.59 Å². The number of anilines is 1. The monoisotopic (exact) mass is 251 g/mol. The number of carbonyl (C=O) groups is 2. The van der Waals surface area contributed by atoms with Gasteiger partial charge in [0.25, 0.3) is 5.91 Å². The predicted molar refractivity (Wildman–Crippen MR) is 68.2 cm³/mol. The highest BCUT2D eigenvalue weighted by Gasteiger charge is 2.20. The molecule has 0 atom stereocenters. The van der Waals surface area contributed by atoms with Gasteiger partial charge >= 0.3 is 0 Å². The van der Waals surface area contributed by atoms with Crippen LogP contribution in [0.4, 0.5) is 5.69 Å². The van der Waals surface area contributed by atoms with Crippen molar-refractivity contribution in [2.45, 2.75) is 6.92 Å². The van der Waals surface area contributed by atoms with E-state index in [1.807, 2.05) is 0 Å². The zero-order chi connectivity index (χ0) is 13.7. The molecule has 1 aromatic rings. The number of amides is 2. The van der Waals surface area contributed by atoms with E-state index in [1.165, 1.54) is 12.0 Å². The molecule has 0 aliphatic heterocycles. The van der Waals surface area contributed by atoms with Crippen molar-refractivity contribution in [3.63, 3.8) is 0 Å². The third-order valence-corrected chi connectivity index (χ3v) is 2.50. The summed E-state index contributed by atoms with van der Waals surface area (Å²) in [6.07, 6.45) is 0. The predicted octanol–water partition coefficient (Wildman–Crippen LogP) is 0.225. The van der Waals surface area contributed by atoms with E-state index in [0.29, 0.717) is 23.5 Å². The summed E-state index contributed by atoms with van der Waals surface area (Å²) >= 11 is 0. The molecule has 98 valence electrons. The molecule has 0 bridgehead atoms. The Hall–Kier alpha value is -2.24. The molecule has 1 aromatic carbocycles. The fourth-order valence-electron chi connectivity index (χ4n) is 1.64. The number of likely N-dealkylation sites (N-methyl/N-ethyl adjacent to an activating group) is 1. The molecule has 4 N–H and O–H groups in total. The first-order valence-electron chi connectivity index (χ1n) is 5.51. The van der Waals surface area contributed by atoms with Crippen LogP contribution in [0.1, 0.15) is 17.3 Å². The number of hydrogen-bond acceptors (Lipinski definition) is 4. The van der Waals surface area contributed by atoms with E-state index in [-0.39, 0.29) is 12.5 Å². The van der Waals surface area contributed by atoms with E-state index in [0.717, 1.165) is 0 Å². The zero-order valence-corrected chi connectivity index (χ0v) is 10.5. The van der Waals surface area contributed by atoms with Crippen LogP contribution in [-0.2, 0) is 4.79 Å². The lowest BCUT2D eigenvalue weighted by atomic mass is 10.1. The quantitative estimate of drug-likeness (QED) is 0.731. The molecule has 0 aliphatic carbocycles. The molecule has 0 aliphatic rings. The smallest absolute Gasteiger partial charge is 0.258 e. The van der Waals surface area contributed by atoms with E-state index in [9.17, 15) is 9.59 Å². The van der Waals surface area contributed by atoms with Gasteiger partial charge in [0.2, 0.25) is 5.91 Å². The highest BCUT2D eigenvalue weighted by molar-refractivity contribution is 6.00. The highest BCUT2D eigenvalue weighted by atomic mass is 16.5. The van der Waals surface area contributed by atoms with Crippen molar-refractivity contribution in [2.24, 2.45) is 5.73 Å². The molecule has 0 unspecified atom stereocenters. The Morgan fingerprint density at radius 3 is 2.56 bits per heavy atom. The Kier molecular flexibility index (Phi) is 4.53. The average molecular weight is 251 g/mol. The van der Waals surface area contributed by atoms with Gasteiger partial charge in [0.05, 0.1) is 24.9 Å². The van der Waals surface area contributed by atoms with Crippen LogP contribution in [0.5, 0.6) is 5.75 Å². The third kappa shape index (κ3) is 2.91. The lowest BCUT2D eigenvalue weighted by molar-refractivity contribution is -0.118. The van der Waals surface area contributed by atoms with Crippen LogP contribution in [-0.4, -0.2) is 36.9 Å². The number of methoxy groups -OCH3 is 1. The van der Waals surface area contributed by atoms with E-state index in [4.69, 9.17) is 16.2 Å². The van der Waals surface area contributed by atoms with Crippen LogP contribution >= 0.6 is 0 Å². The Labute approximate surface area is 105 Å². The maximum atomic E-state index is 12.2. The number of carbonyl (C=O) groups excluding carboxylic acids is 2. The lowest BCUT2D eigenvalue weighted by Gasteiger charge is -2.20. The van der Waals surface area contributed by atoms with Crippen molar-refractivity contribution < 1.29 is 14.3 Å². The van der Waals surface area contributed by atoms with Gasteiger partial charge in [-0.1, -0.05) is 6.07 Å². The second kappa shape index (κ2) is 5.90. The molecule has 1 rings (SSSR count). The molecule has 0 radical (unpaired) electrons. The van der Waals surface area contributed by atoms with Gasteiger partial charge in [0.1, 0.15) is 0 Å². The molecular weight excluding hydrogens is 234 g/mol. The van der Waals surface area contributed by atoms with Crippen molar-refractivity contribution in [1.29, 1.82) is 0 Å². The second-order valence-electron chi connectivity index (χ2n) is 3.71. The first-order chi connectivity index (χ1) is 8.51. The number of rotatable bonds is 5.